The van der Waals surface area contributed by atoms with E-state index in [0.717, 1.165) is 18.4 Å². The van der Waals surface area contributed by atoms with Crippen LogP contribution in [0.4, 0.5) is 0 Å². The van der Waals surface area contributed by atoms with E-state index in [-0.39, 0.29) is 0 Å². The molecule has 1 aliphatic carbocycles. The van der Waals surface area contributed by atoms with Crippen molar-refractivity contribution in [2.75, 3.05) is 0 Å². The predicted octanol–water partition coefficient (Wildman–Crippen LogP) is 2.75. The van der Waals surface area contributed by atoms with Crippen molar-refractivity contribution in [3.8, 4) is 0 Å². The van der Waals surface area contributed by atoms with Crippen molar-refractivity contribution in [2.24, 2.45) is 5.16 Å². The summed E-state index contributed by atoms with van der Waals surface area (Å²) >= 11 is 0. The van der Waals surface area contributed by atoms with Crippen molar-refractivity contribution in [1.82, 2.24) is 0 Å². The van der Waals surface area contributed by atoms with Crippen LogP contribution in [0.3, 0.4) is 0 Å². The fourth-order valence-electron chi connectivity index (χ4n) is 2.44. The molecule has 0 saturated heterocycles. The average molecular weight is 197 g/mol. The van der Waals surface area contributed by atoms with Crippen molar-refractivity contribution >= 4 is 17.0 Å². The van der Waals surface area contributed by atoms with Gasteiger partial charge in [0.2, 0.25) is 0 Å². The summed E-state index contributed by atoms with van der Waals surface area (Å²) in [6.07, 6.45) is 3.76. The predicted molar refractivity (Wildman–Crippen MR) is 60.7 cm³/mol. The molecule has 0 aliphatic heterocycles. The molecule has 0 unspecified atom stereocenters. The van der Waals surface area contributed by atoms with Crippen LogP contribution in [-0.2, 0) is 12.8 Å². The highest BCUT2D eigenvalue weighted by molar-refractivity contribution is 6.03. The van der Waals surface area contributed by atoms with Gasteiger partial charge in [-0.25, -0.2) is 0 Å². The molecule has 2 aromatic carbocycles. The standard InChI is InChI=1S/C13H11NO/c15-14-8-11-7-6-10-5-4-9-2-1-3-12(11)13(9)10/h1-3,6-8,15H,4-5H2. The highest BCUT2D eigenvalue weighted by Gasteiger charge is 2.14. The molecule has 15 heavy (non-hydrogen) atoms. The second-order valence-electron chi connectivity index (χ2n) is 3.90. The number of benzene rings is 2. The van der Waals surface area contributed by atoms with Crippen LogP contribution in [-0.4, -0.2) is 11.4 Å². The van der Waals surface area contributed by atoms with Gasteiger partial charge in [-0.3, -0.25) is 0 Å². The van der Waals surface area contributed by atoms with Gasteiger partial charge in [-0.2, -0.15) is 0 Å². The molecule has 0 aromatic heterocycles. The first-order valence-electron chi connectivity index (χ1n) is 5.11. The summed E-state index contributed by atoms with van der Waals surface area (Å²) in [5.74, 6) is 0. The van der Waals surface area contributed by atoms with Crippen LogP contribution < -0.4 is 0 Å². The van der Waals surface area contributed by atoms with Gasteiger partial charge in [0.1, 0.15) is 0 Å². The van der Waals surface area contributed by atoms with Crippen LogP contribution in [0, 0.1) is 0 Å². The minimum atomic E-state index is 0.986. The molecule has 0 radical (unpaired) electrons. The zero-order valence-electron chi connectivity index (χ0n) is 8.27. The summed E-state index contributed by atoms with van der Waals surface area (Å²) in [5, 5.41) is 14.3. The van der Waals surface area contributed by atoms with Crippen molar-refractivity contribution in [1.29, 1.82) is 0 Å². The fourth-order valence-corrected chi connectivity index (χ4v) is 2.44. The van der Waals surface area contributed by atoms with Gasteiger partial charge < -0.3 is 5.21 Å². The van der Waals surface area contributed by atoms with E-state index in [1.54, 1.807) is 0 Å². The van der Waals surface area contributed by atoms with Crippen LogP contribution in [0.2, 0.25) is 0 Å². The van der Waals surface area contributed by atoms with Gasteiger partial charge in [-0.1, -0.05) is 35.5 Å². The fraction of sp³-hybridized carbons (Fsp3) is 0.154. The summed E-state index contributed by atoms with van der Waals surface area (Å²) < 4.78 is 0. The number of aryl methyl sites for hydroxylation is 2. The van der Waals surface area contributed by atoms with E-state index in [4.69, 9.17) is 5.21 Å². The molecular formula is C13H11NO. The Morgan fingerprint density at radius 2 is 1.87 bits per heavy atom. The van der Waals surface area contributed by atoms with Gasteiger partial charge in [0.15, 0.2) is 0 Å². The normalized spacial score (nSPS) is 14.1. The lowest BCUT2D eigenvalue weighted by Crippen LogP contribution is -1.87. The van der Waals surface area contributed by atoms with E-state index in [1.807, 2.05) is 6.07 Å². The maximum absolute atomic E-state index is 8.60. The van der Waals surface area contributed by atoms with Crippen LogP contribution in [0.5, 0.6) is 0 Å². The molecule has 3 rings (SSSR count). The largest absolute Gasteiger partial charge is 0.411 e. The van der Waals surface area contributed by atoms with Crippen LogP contribution >= 0.6 is 0 Å². The SMILES string of the molecule is ON=Cc1ccc2c3c(cccc13)CC2. The molecule has 0 atom stereocenters. The van der Waals surface area contributed by atoms with Gasteiger partial charge in [0.25, 0.3) is 0 Å². The van der Waals surface area contributed by atoms with E-state index >= 15 is 0 Å². The second-order valence-corrected chi connectivity index (χ2v) is 3.90. The lowest BCUT2D eigenvalue weighted by atomic mass is 10.0. The first-order chi connectivity index (χ1) is 7.40. The zero-order valence-corrected chi connectivity index (χ0v) is 8.27. The van der Waals surface area contributed by atoms with Crippen LogP contribution in [0.1, 0.15) is 16.7 Å². The van der Waals surface area contributed by atoms with E-state index in [9.17, 15) is 0 Å². The third-order valence-electron chi connectivity index (χ3n) is 3.11. The highest BCUT2D eigenvalue weighted by Crippen LogP contribution is 2.32. The molecule has 0 spiro atoms. The third kappa shape index (κ3) is 1.14. The molecule has 74 valence electrons. The maximum Gasteiger partial charge on any atom is 0.0740 e. The molecule has 0 saturated carbocycles. The molecule has 0 amide bonds. The lowest BCUT2D eigenvalue weighted by molar-refractivity contribution is 0.322. The molecule has 0 bridgehead atoms. The van der Waals surface area contributed by atoms with Crippen molar-refractivity contribution in [3.05, 3.63) is 47.0 Å². The Balaban J connectivity index is 2.43. The first-order valence-corrected chi connectivity index (χ1v) is 5.11. The van der Waals surface area contributed by atoms with Gasteiger partial charge in [-0.15, -0.1) is 0 Å². The Kier molecular flexibility index (Phi) is 1.75. The minimum absolute atomic E-state index is 0.986. The Bertz CT molecular complexity index is 547. The third-order valence-corrected chi connectivity index (χ3v) is 3.11. The summed E-state index contributed by atoms with van der Waals surface area (Å²) in [7, 11) is 0. The number of hydrogen-bond donors (Lipinski definition) is 1. The summed E-state index contributed by atoms with van der Waals surface area (Å²) in [6, 6.07) is 10.5. The first kappa shape index (κ1) is 8.48. The average Bonchev–Trinajstić information content (AvgIpc) is 2.68. The molecule has 2 nitrogen and oxygen atoms in total. The van der Waals surface area contributed by atoms with E-state index in [1.165, 1.54) is 28.1 Å². The molecule has 1 N–H and O–H groups in total. The number of nitrogens with zero attached hydrogens (tertiary/aromatic N) is 1. The minimum Gasteiger partial charge on any atom is -0.411 e. The Labute approximate surface area is 87.8 Å². The van der Waals surface area contributed by atoms with E-state index in [2.05, 4.69) is 29.4 Å². The van der Waals surface area contributed by atoms with Crippen LogP contribution in [0.25, 0.3) is 10.8 Å². The quantitative estimate of drug-likeness (QED) is 0.425. The smallest absolute Gasteiger partial charge is 0.0740 e. The van der Waals surface area contributed by atoms with Gasteiger partial charge in [0.05, 0.1) is 6.21 Å². The van der Waals surface area contributed by atoms with E-state index < -0.39 is 0 Å². The number of rotatable bonds is 1. The summed E-state index contributed by atoms with van der Waals surface area (Å²) in [4.78, 5) is 0. The Morgan fingerprint density at radius 3 is 2.67 bits per heavy atom. The molecular weight excluding hydrogens is 186 g/mol. The van der Waals surface area contributed by atoms with Crippen molar-refractivity contribution < 1.29 is 5.21 Å². The lowest BCUT2D eigenvalue weighted by Gasteiger charge is -2.04. The zero-order chi connectivity index (χ0) is 10.3. The van der Waals surface area contributed by atoms with Crippen molar-refractivity contribution in [2.45, 2.75) is 12.8 Å². The second kappa shape index (κ2) is 3.09. The van der Waals surface area contributed by atoms with Gasteiger partial charge >= 0.3 is 0 Å². The monoisotopic (exact) mass is 197 g/mol. The molecule has 0 heterocycles. The number of hydrogen-bond acceptors (Lipinski definition) is 2. The Morgan fingerprint density at radius 1 is 1.07 bits per heavy atom. The van der Waals surface area contributed by atoms with Gasteiger partial charge in [-0.05, 0) is 34.7 Å². The summed E-state index contributed by atoms with van der Waals surface area (Å²) in [6.45, 7) is 0. The topological polar surface area (TPSA) is 32.6 Å². The Hall–Kier alpha value is -1.83. The number of oxime groups is 1. The molecule has 1 aliphatic rings. The highest BCUT2D eigenvalue weighted by atomic mass is 16.4. The van der Waals surface area contributed by atoms with Gasteiger partial charge in [0, 0.05) is 5.56 Å². The van der Waals surface area contributed by atoms with Crippen LogP contribution in [0.15, 0.2) is 35.5 Å². The van der Waals surface area contributed by atoms with Crippen molar-refractivity contribution in [3.63, 3.8) is 0 Å². The maximum atomic E-state index is 8.60. The molecule has 2 aromatic rings. The van der Waals surface area contributed by atoms with E-state index in [0.29, 0.717) is 0 Å². The summed E-state index contributed by atoms with van der Waals surface area (Å²) in [5.41, 5.74) is 3.81. The molecule has 0 fully saturated rings. The molecule has 2 heteroatoms.